The Hall–Kier alpha value is -0.210. The molecule has 2 aliphatic rings. The Kier molecular flexibility index (Phi) is 3.99. The molecule has 0 N–H and O–H groups in total. The molecule has 0 unspecified atom stereocenters. The Morgan fingerprint density at radius 2 is 2.06 bits per heavy atom. The van der Waals surface area contributed by atoms with Crippen LogP contribution in [0.25, 0.3) is 0 Å². The zero-order valence-corrected chi connectivity index (χ0v) is 12.8. The molecular formula is C14H21Cl2NO. The number of amides is 1. The van der Waals surface area contributed by atoms with Gasteiger partial charge >= 0.3 is 0 Å². The Bertz CT molecular complexity index is 374. The van der Waals surface area contributed by atoms with Crippen LogP contribution in [0.15, 0.2) is 10.6 Å². The largest absolute Gasteiger partial charge is 0.342 e. The monoisotopic (exact) mass is 289 g/mol. The molecule has 0 aromatic rings. The van der Waals surface area contributed by atoms with Crippen LogP contribution in [-0.4, -0.2) is 23.9 Å². The van der Waals surface area contributed by atoms with Crippen LogP contribution in [0.3, 0.4) is 0 Å². The van der Waals surface area contributed by atoms with Crippen molar-refractivity contribution in [2.75, 3.05) is 13.1 Å². The lowest BCUT2D eigenvalue weighted by atomic mass is 9.99. The number of carbonyl (C=O) groups excluding carboxylic acids is 1. The third-order valence-corrected chi connectivity index (χ3v) is 4.70. The SMILES string of the molecule is C[C@@H]1CCCN(C(=O)[C@@H]2[C@@H](C=C(Cl)Cl)C2(C)C)C1. The zero-order chi connectivity index (χ0) is 13.5. The Morgan fingerprint density at radius 1 is 1.39 bits per heavy atom. The van der Waals surface area contributed by atoms with Crippen LogP contribution in [0.1, 0.15) is 33.6 Å². The molecule has 1 heterocycles. The van der Waals surface area contributed by atoms with Gasteiger partial charge in [-0.2, -0.15) is 0 Å². The average Bonchev–Trinajstić information content (AvgIpc) is 2.78. The van der Waals surface area contributed by atoms with Crippen LogP contribution in [0, 0.1) is 23.2 Å². The number of piperidine rings is 1. The van der Waals surface area contributed by atoms with E-state index in [2.05, 4.69) is 20.8 Å². The van der Waals surface area contributed by atoms with E-state index in [9.17, 15) is 4.79 Å². The first-order valence-electron chi connectivity index (χ1n) is 6.65. The van der Waals surface area contributed by atoms with Crippen molar-refractivity contribution in [3.8, 4) is 0 Å². The summed E-state index contributed by atoms with van der Waals surface area (Å²) in [4.78, 5) is 14.5. The predicted molar refractivity (Wildman–Crippen MR) is 75.5 cm³/mol. The van der Waals surface area contributed by atoms with Crippen molar-refractivity contribution >= 4 is 29.1 Å². The van der Waals surface area contributed by atoms with Gasteiger partial charge in [0.1, 0.15) is 4.49 Å². The lowest BCUT2D eigenvalue weighted by Gasteiger charge is -2.31. The summed E-state index contributed by atoms with van der Waals surface area (Å²) in [5.74, 6) is 1.14. The number of rotatable bonds is 2. The van der Waals surface area contributed by atoms with Gasteiger partial charge in [-0.3, -0.25) is 4.79 Å². The van der Waals surface area contributed by atoms with Gasteiger partial charge in [0.25, 0.3) is 0 Å². The molecule has 2 rings (SSSR count). The molecule has 0 aromatic heterocycles. The van der Waals surface area contributed by atoms with Crippen molar-refractivity contribution in [3.05, 3.63) is 10.6 Å². The fourth-order valence-electron chi connectivity index (χ4n) is 3.18. The van der Waals surface area contributed by atoms with E-state index in [1.165, 1.54) is 6.42 Å². The van der Waals surface area contributed by atoms with Crippen LogP contribution < -0.4 is 0 Å². The molecule has 0 spiro atoms. The van der Waals surface area contributed by atoms with Gasteiger partial charge in [-0.15, -0.1) is 0 Å². The molecule has 1 amide bonds. The molecule has 2 nitrogen and oxygen atoms in total. The van der Waals surface area contributed by atoms with Crippen LogP contribution >= 0.6 is 23.2 Å². The standard InChI is InChI=1S/C14H21Cl2NO/c1-9-5-4-6-17(8-9)13(18)12-10(7-11(15)16)14(12,2)3/h7,9-10,12H,4-6,8H2,1-3H3/t9-,10-,12+/m1/s1. The van der Waals surface area contributed by atoms with Crippen LogP contribution in [0.4, 0.5) is 0 Å². The minimum atomic E-state index is -0.00714. The van der Waals surface area contributed by atoms with E-state index in [1.807, 2.05) is 11.0 Å². The quantitative estimate of drug-likeness (QED) is 0.756. The molecule has 1 aliphatic heterocycles. The molecule has 3 atom stereocenters. The summed E-state index contributed by atoms with van der Waals surface area (Å²) in [5, 5.41) is 0. The summed E-state index contributed by atoms with van der Waals surface area (Å²) in [6, 6.07) is 0. The van der Waals surface area contributed by atoms with E-state index in [4.69, 9.17) is 23.2 Å². The number of likely N-dealkylation sites (tertiary alicyclic amines) is 1. The zero-order valence-electron chi connectivity index (χ0n) is 11.2. The first kappa shape index (κ1) is 14.2. The van der Waals surface area contributed by atoms with Crippen LogP contribution in [0.2, 0.25) is 0 Å². The number of nitrogens with zero attached hydrogens (tertiary/aromatic N) is 1. The fraction of sp³-hybridized carbons (Fsp3) is 0.786. The maximum absolute atomic E-state index is 12.5. The first-order chi connectivity index (χ1) is 8.34. The van der Waals surface area contributed by atoms with Gasteiger partial charge in [-0.05, 0) is 36.2 Å². The van der Waals surface area contributed by atoms with Gasteiger partial charge in [0, 0.05) is 13.1 Å². The molecule has 0 aromatic carbocycles. The van der Waals surface area contributed by atoms with Crippen molar-refractivity contribution in [3.63, 3.8) is 0 Å². The molecule has 1 saturated carbocycles. The van der Waals surface area contributed by atoms with E-state index >= 15 is 0 Å². The third-order valence-electron chi connectivity index (χ3n) is 4.45. The Balaban J connectivity index is 2.04. The molecule has 18 heavy (non-hydrogen) atoms. The number of halogens is 2. The lowest BCUT2D eigenvalue weighted by Crippen LogP contribution is -2.40. The summed E-state index contributed by atoms with van der Waals surface area (Å²) in [6.45, 7) is 8.24. The highest BCUT2D eigenvalue weighted by Gasteiger charge is 2.61. The summed E-state index contributed by atoms with van der Waals surface area (Å²) in [7, 11) is 0. The second kappa shape index (κ2) is 5.05. The van der Waals surface area contributed by atoms with Gasteiger partial charge in [-0.1, -0.05) is 44.0 Å². The molecule has 102 valence electrons. The van der Waals surface area contributed by atoms with E-state index in [0.29, 0.717) is 5.92 Å². The fourth-order valence-corrected chi connectivity index (χ4v) is 3.45. The van der Waals surface area contributed by atoms with Gasteiger partial charge in [0.15, 0.2) is 0 Å². The smallest absolute Gasteiger partial charge is 0.226 e. The number of hydrogen-bond acceptors (Lipinski definition) is 1. The normalized spacial score (nSPS) is 34.1. The van der Waals surface area contributed by atoms with Gasteiger partial charge < -0.3 is 4.90 Å². The van der Waals surface area contributed by atoms with Crippen LogP contribution in [0.5, 0.6) is 0 Å². The van der Waals surface area contributed by atoms with Crippen molar-refractivity contribution in [1.82, 2.24) is 4.90 Å². The molecule has 0 bridgehead atoms. The van der Waals surface area contributed by atoms with E-state index < -0.39 is 0 Å². The van der Waals surface area contributed by atoms with E-state index in [1.54, 1.807) is 0 Å². The highest BCUT2D eigenvalue weighted by atomic mass is 35.5. The second-order valence-electron chi connectivity index (χ2n) is 6.31. The summed E-state index contributed by atoms with van der Waals surface area (Å²) >= 11 is 11.4. The van der Waals surface area contributed by atoms with Crippen molar-refractivity contribution < 1.29 is 4.79 Å². The third kappa shape index (κ3) is 2.70. The topological polar surface area (TPSA) is 20.3 Å². The maximum atomic E-state index is 12.5. The van der Waals surface area contributed by atoms with Gasteiger partial charge in [0.2, 0.25) is 5.91 Å². The van der Waals surface area contributed by atoms with Crippen molar-refractivity contribution in [1.29, 1.82) is 0 Å². The number of hydrogen-bond donors (Lipinski definition) is 0. The minimum Gasteiger partial charge on any atom is -0.342 e. The van der Waals surface area contributed by atoms with Crippen molar-refractivity contribution in [2.45, 2.75) is 33.6 Å². The summed E-state index contributed by atoms with van der Waals surface area (Å²) in [6.07, 6.45) is 4.17. The Morgan fingerprint density at radius 3 is 2.61 bits per heavy atom. The van der Waals surface area contributed by atoms with Gasteiger partial charge in [0.05, 0.1) is 5.92 Å². The molecule has 1 saturated heterocycles. The summed E-state index contributed by atoms with van der Waals surface area (Å²) in [5.41, 5.74) is -0.00714. The molecule has 4 heteroatoms. The molecule has 0 radical (unpaired) electrons. The number of allylic oxidation sites excluding steroid dienone is 1. The number of carbonyl (C=O) groups is 1. The van der Waals surface area contributed by atoms with E-state index in [-0.39, 0.29) is 27.6 Å². The summed E-state index contributed by atoms with van der Waals surface area (Å²) < 4.78 is 0.274. The molecule has 2 fully saturated rings. The van der Waals surface area contributed by atoms with Crippen LogP contribution in [-0.2, 0) is 4.79 Å². The molecule has 1 aliphatic carbocycles. The first-order valence-corrected chi connectivity index (χ1v) is 7.41. The second-order valence-corrected chi connectivity index (χ2v) is 7.32. The predicted octanol–water partition coefficient (Wildman–Crippen LogP) is 3.84. The van der Waals surface area contributed by atoms with Gasteiger partial charge in [-0.25, -0.2) is 0 Å². The average molecular weight is 290 g/mol. The van der Waals surface area contributed by atoms with E-state index in [0.717, 1.165) is 19.5 Å². The minimum absolute atomic E-state index is 0.00714. The molecular weight excluding hydrogens is 269 g/mol. The maximum Gasteiger partial charge on any atom is 0.226 e. The highest BCUT2D eigenvalue weighted by Crippen LogP contribution is 2.60. The van der Waals surface area contributed by atoms with Crippen molar-refractivity contribution in [2.24, 2.45) is 23.2 Å². The highest BCUT2D eigenvalue weighted by molar-refractivity contribution is 6.55. The Labute approximate surface area is 119 Å². The lowest BCUT2D eigenvalue weighted by molar-refractivity contribution is -0.135.